The quantitative estimate of drug-likeness (QED) is 0.736. The monoisotopic (exact) mass is 284 g/mol. The SMILES string of the molecule is CCNC(=O)c1ccc(N)cc1NCc1cnccc1C. The Morgan fingerprint density at radius 1 is 1.33 bits per heavy atom. The molecule has 1 heterocycles. The third kappa shape index (κ3) is 3.72. The van der Waals surface area contributed by atoms with Crippen LogP contribution < -0.4 is 16.4 Å². The number of anilines is 2. The molecule has 110 valence electrons. The Labute approximate surface area is 124 Å². The average Bonchev–Trinajstić information content (AvgIpc) is 2.46. The van der Waals surface area contributed by atoms with E-state index in [1.165, 1.54) is 0 Å². The lowest BCUT2D eigenvalue weighted by Gasteiger charge is -2.13. The molecular formula is C16H20N4O. The first-order valence-electron chi connectivity index (χ1n) is 6.93. The van der Waals surface area contributed by atoms with Gasteiger partial charge in [0.05, 0.1) is 5.56 Å². The van der Waals surface area contributed by atoms with Crippen LogP contribution in [0, 0.1) is 6.92 Å². The predicted molar refractivity (Wildman–Crippen MR) is 85.2 cm³/mol. The van der Waals surface area contributed by atoms with E-state index >= 15 is 0 Å². The smallest absolute Gasteiger partial charge is 0.253 e. The lowest BCUT2D eigenvalue weighted by molar-refractivity contribution is 0.0956. The van der Waals surface area contributed by atoms with E-state index < -0.39 is 0 Å². The summed E-state index contributed by atoms with van der Waals surface area (Å²) >= 11 is 0. The molecule has 5 heteroatoms. The average molecular weight is 284 g/mol. The van der Waals surface area contributed by atoms with Gasteiger partial charge in [0, 0.05) is 36.9 Å². The number of nitrogens with zero attached hydrogens (tertiary/aromatic N) is 1. The molecule has 0 bridgehead atoms. The number of pyridine rings is 1. The number of benzene rings is 1. The molecule has 1 amide bonds. The standard InChI is InChI=1S/C16H20N4O/c1-3-19-16(21)14-5-4-13(17)8-15(14)20-10-12-9-18-7-6-11(12)2/h4-9,20H,3,10,17H2,1-2H3,(H,19,21). The molecule has 21 heavy (non-hydrogen) atoms. The van der Waals surface area contributed by atoms with Crippen LogP contribution in [-0.2, 0) is 6.54 Å². The van der Waals surface area contributed by atoms with Crippen molar-refractivity contribution in [2.75, 3.05) is 17.6 Å². The molecule has 1 aromatic heterocycles. The number of hydrogen-bond acceptors (Lipinski definition) is 4. The van der Waals surface area contributed by atoms with Crippen LogP contribution >= 0.6 is 0 Å². The zero-order chi connectivity index (χ0) is 15.2. The molecule has 0 fully saturated rings. The first kappa shape index (κ1) is 14.8. The number of nitrogens with one attached hydrogen (secondary N) is 2. The van der Waals surface area contributed by atoms with Crippen molar-refractivity contribution in [3.05, 3.63) is 53.3 Å². The second kappa shape index (κ2) is 6.74. The van der Waals surface area contributed by atoms with Crippen molar-refractivity contribution in [2.45, 2.75) is 20.4 Å². The molecule has 0 aliphatic carbocycles. The maximum atomic E-state index is 12.1. The summed E-state index contributed by atoms with van der Waals surface area (Å²) < 4.78 is 0. The zero-order valence-corrected chi connectivity index (χ0v) is 12.3. The van der Waals surface area contributed by atoms with Gasteiger partial charge in [-0.1, -0.05) is 0 Å². The summed E-state index contributed by atoms with van der Waals surface area (Å²) in [5, 5.41) is 6.07. The highest BCUT2D eigenvalue weighted by Gasteiger charge is 2.11. The molecule has 4 N–H and O–H groups in total. The Hall–Kier alpha value is -2.56. The van der Waals surface area contributed by atoms with Crippen molar-refractivity contribution in [3.8, 4) is 0 Å². The lowest BCUT2D eigenvalue weighted by Crippen LogP contribution is -2.24. The Bertz CT molecular complexity index is 640. The van der Waals surface area contributed by atoms with Crippen LogP contribution in [0.15, 0.2) is 36.7 Å². The van der Waals surface area contributed by atoms with Crippen LogP contribution in [0.1, 0.15) is 28.4 Å². The highest BCUT2D eigenvalue weighted by molar-refractivity contribution is 6.00. The van der Waals surface area contributed by atoms with Gasteiger partial charge in [0.2, 0.25) is 0 Å². The molecule has 1 aromatic carbocycles. The Kier molecular flexibility index (Phi) is 4.77. The number of carbonyl (C=O) groups is 1. The van der Waals surface area contributed by atoms with Crippen molar-refractivity contribution >= 4 is 17.3 Å². The van der Waals surface area contributed by atoms with Crippen LogP contribution in [0.3, 0.4) is 0 Å². The van der Waals surface area contributed by atoms with E-state index in [9.17, 15) is 4.79 Å². The van der Waals surface area contributed by atoms with Gasteiger partial charge in [-0.05, 0) is 49.2 Å². The van der Waals surface area contributed by atoms with Gasteiger partial charge in [0.25, 0.3) is 5.91 Å². The number of hydrogen-bond donors (Lipinski definition) is 3. The minimum absolute atomic E-state index is 0.108. The van der Waals surface area contributed by atoms with Crippen LogP contribution in [0.25, 0.3) is 0 Å². The molecule has 5 nitrogen and oxygen atoms in total. The maximum Gasteiger partial charge on any atom is 0.253 e. The Morgan fingerprint density at radius 3 is 2.86 bits per heavy atom. The van der Waals surface area contributed by atoms with E-state index in [2.05, 4.69) is 15.6 Å². The third-order valence-corrected chi connectivity index (χ3v) is 3.24. The molecule has 0 radical (unpaired) electrons. The van der Waals surface area contributed by atoms with Gasteiger partial charge in [-0.2, -0.15) is 0 Å². The Morgan fingerprint density at radius 2 is 2.14 bits per heavy atom. The summed E-state index contributed by atoms with van der Waals surface area (Å²) in [7, 11) is 0. The second-order valence-electron chi connectivity index (χ2n) is 4.82. The minimum Gasteiger partial charge on any atom is -0.399 e. The minimum atomic E-state index is -0.108. The zero-order valence-electron chi connectivity index (χ0n) is 12.3. The largest absolute Gasteiger partial charge is 0.399 e. The van der Waals surface area contributed by atoms with E-state index in [0.29, 0.717) is 24.3 Å². The summed E-state index contributed by atoms with van der Waals surface area (Å²) in [6, 6.07) is 7.20. The van der Waals surface area contributed by atoms with Gasteiger partial charge in [-0.15, -0.1) is 0 Å². The lowest BCUT2D eigenvalue weighted by atomic mass is 10.1. The van der Waals surface area contributed by atoms with E-state index in [1.807, 2.05) is 26.1 Å². The molecule has 0 aliphatic rings. The summed E-state index contributed by atoms with van der Waals surface area (Å²) in [5.41, 5.74) is 9.99. The van der Waals surface area contributed by atoms with Crippen molar-refractivity contribution in [1.29, 1.82) is 0 Å². The summed E-state index contributed by atoms with van der Waals surface area (Å²) in [6.45, 7) is 5.10. The number of rotatable bonds is 5. The second-order valence-corrected chi connectivity index (χ2v) is 4.82. The predicted octanol–water partition coefficient (Wildman–Crippen LogP) is 2.33. The molecule has 0 unspecified atom stereocenters. The number of amides is 1. The number of nitrogen functional groups attached to an aromatic ring is 1. The summed E-state index contributed by atoms with van der Waals surface area (Å²) in [4.78, 5) is 16.2. The fourth-order valence-corrected chi connectivity index (χ4v) is 2.03. The van der Waals surface area contributed by atoms with Crippen molar-refractivity contribution in [2.24, 2.45) is 0 Å². The molecule has 0 aliphatic heterocycles. The van der Waals surface area contributed by atoms with Gasteiger partial charge >= 0.3 is 0 Å². The fourth-order valence-electron chi connectivity index (χ4n) is 2.03. The van der Waals surface area contributed by atoms with E-state index in [1.54, 1.807) is 24.4 Å². The van der Waals surface area contributed by atoms with Gasteiger partial charge in [-0.3, -0.25) is 9.78 Å². The van der Waals surface area contributed by atoms with Crippen LogP contribution in [0.4, 0.5) is 11.4 Å². The molecule has 0 spiro atoms. The van der Waals surface area contributed by atoms with Crippen molar-refractivity contribution < 1.29 is 4.79 Å². The van der Waals surface area contributed by atoms with E-state index in [-0.39, 0.29) is 5.91 Å². The van der Waals surface area contributed by atoms with Gasteiger partial charge in [-0.25, -0.2) is 0 Å². The van der Waals surface area contributed by atoms with Crippen LogP contribution in [0.2, 0.25) is 0 Å². The van der Waals surface area contributed by atoms with Crippen molar-refractivity contribution in [3.63, 3.8) is 0 Å². The topological polar surface area (TPSA) is 80.0 Å². The first-order valence-corrected chi connectivity index (χ1v) is 6.93. The van der Waals surface area contributed by atoms with Gasteiger partial charge in [0.15, 0.2) is 0 Å². The number of carbonyl (C=O) groups excluding carboxylic acids is 1. The molecule has 0 saturated carbocycles. The van der Waals surface area contributed by atoms with Crippen LogP contribution in [0.5, 0.6) is 0 Å². The summed E-state index contributed by atoms with van der Waals surface area (Å²) in [6.07, 6.45) is 3.58. The highest BCUT2D eigenvalue weighted by atomic mass is 16.1. The molecular weight excluding hydrogens is 264 g/mol. The van der Waals surface area contributed by atoms with E-state index in [4.69, 9.17) is 5.73 Å². The number of aryl methyl sites for hydroxylation is 1. The molecule has 2 aromatic rings. The molecule has 2 rings (SSSR count). The molecule has 0 saturated heterocycles. The Balaban J connectivity index is 2.20. The number of aromatic nitrogens is 1. The normalized spacial score (nSPS) is 10.2. The maximum absolute atomic E-state index is 12.1. The van der Waals surface area contributed by atoms with Crippen molar-refractivity contribution in [1.82, 2.24) is 10.3 Å². The van der Waals surface area contributed by atoms with Gasteiger partial charge in [0.1, 0.15) is 0 Å². The third-order valence-electron chi connectivity index (χ3n) is 3.24. The molecule has 0 atom stereocenters. The van der Waals surface area contributed by atoms with Gasteiger partial charge < -0.3 is 16.4 Å². The number of nitrogens with two attached hydrogens (primary N) is 1. The van der Waals surface area contributed by atoms with E-state index in [0.717, 1.165) is 16.8 Å². The highest BCUT2D eigenvalue weighted by Crippen LogP contribution is 2.20. The van der Waals surface area contributed by atoms with Crippen LogP contribution in [-0.4, -0.2) is 17.4 Å². The fraction of sp³-hybridized carbons (Fsp3) is 0.250. The summed E-state index contributed by atoms with van der Waals surface area (Å²) in [5.74, 6) is -0.108. The first-order chi connectivity index (χ1) is 10.1.